The molecule has 0 aromatic rings. The molecule has 14 heavy (non-hydrogen) atoms. The first kappa shape index (κ1) is 9.89. The maximum atomic E-state index is 11.0. The van der Waals surface area contributed by atoms with Crippen molar-refractivity contribution >= 4 is 5.91 Å². The van der Waals surface area contributed by atoms with Crippen molar-refractivity contribution in [1.29, 1.82) is 0 Å². The number of nitrogens with two attached hydrogens (primary N) is 1. The molecule has 0 bridgehead atoms. The van der Waals surface area contributed by atoms with Gasteiger partial charge < -0.3 is 15.8 Å². The first-order valence-corrected chi connectivity index (χ1v) is 5.12. The first-order chi connectivity index (χ1) is 6.77. The molecule has 0 aliphatic carbocycles. The lowest BCUT2D eigenvalue weighted by Gasteiger charge is -2.35. The van der Waals surface area contributed by atoms with E-state index in [2.05, 4.69) is 10.2 Å². The third-order valence-corrected chi connectivity index (χ3v) is 2.97. The normalized spacial score (nSPS) is 34.6. The minimum Gasteiger partial charge on any atom is -0.380 e. The standard InChI is InChI=1S/C9H17N3O2/c10-9(13)8-5-12(3-2-11-8)7-1-4-14-6-7/h7-8,11H,1-6H2,(H2,10,13). The maximum Gasteiger partial charge on any atom is 0.235 e. The van der Waals surface area contributed by atoms with Gasteiger partial charge in [-0.2, -0.15) is 0 Å². The molecule has 2 aliphatic rings. The van der Waals surface area contributed by atoms with Crippen molar-refractivity contribution in [2.24, 2.45) is 5.73 Å². The summed E-state index contributed by atoms with van der Waals surface area (Å²) in [4.78, 5) is 13.3. The highest BCUT2D eigenvalue weighted by Gasteiger charge is 2.29. The fourth-order valence-electron chi connectivity index (χ4n) is 2.11. The lowest BCUT2D eigenvalue weighted by Crippen LogP contribution is -2.58. The van der Waals surface area contributed by atoms with Crippen molar-refractivity contribution in [1.82, 2.24) is 10.2 Å². The zero-order chi connectivity index (χ0) is 9.97. The van der Waals surface area contributed by atoms with Crippen molar-refractivity contribution in [3.8, 4) is 0 Å². The van der Waals surface area contributed by atoms with E-state index in [-0.39, 0.29) is 11.9 Å². The van der Waals surface area contributed by atoms with Crippen LogP contribution in [0.5, 0.6) is 0 Å². The predicted molar refractivity (Wildman–Crippen MR) is 51.8 cm³/mol. The Morgan fingerprint density at radius 3 is 3.07 bits per heavy atom. The van der Waals surface area contributed by atoms with E-state index in [0.717, 1.165) is 39.3 Å². The van der Waals surface area contributed by atoms with E-state index in [0.29, 0.717) is 6.04 Å². The molecule has 0 spiro atoms. The van der Waals surface area contributed by atoms with E-state index in [1.54, 1.807) is 0 Å². The molecule has 2 unspecified atom stereocenters. The number of rotatable bonds is 2. The third-order valence-electron chi connectivity index (χ3n) is 2.97. The predicted octanol–water partition coefficient (Wildman–Crippen LogP) is -1.47. The summed E-state index contributed by atoms with van der Waals surface area (Å²) in [5, 5.41) is 3.11. The van der Waals surface area contributed by atoms with Gasteiger partial charge in [-0.25, -0.2) is 0 Å². The summed E-state index contributed by atoms with van der Waals surface area (Å²) >= 11 is 0. The molecule has 2 heterocycles. The van der Waals surface area contributed by atoms with Crippen LogP contribution in [0.2, 0.25) is 0 Å². The number of hydrogen-bond acceptors (Lipinski definition) is 4. The van der Waals surface area contributed by atoms with Crippen LogP contribution in [-0.2, 0) is 9.53 Å². The number of carbonyl (C=O) groups excluding carboxylic acids is 1. The number of nitrogens with one attached hydrogen (secondary N) is 1. The molecule has 0 saturated carbocycles. The van der Waals surface area contributed by atoms with E-state index >= 15 is 0 Å². The molecule has 2 fully saturated rings. The molecule has 2 atom stereocenters. The van der Waals surface area contributed by atoms with Crippen LogP contribution in [0.15, 0.2) is 0 Å². The summed E-state index contributed by atoms with van der Waals surface area (Å²) in [7, 11) is 0. The molecule has 3 N–H and O–H groups in total. The van der Waals surface area contributed by atoms with E-state index in [1.807, 2.05) is 0 Å². The highest BCUT2D eigenvalue weighted by atomic mass is 16.5. The van der Waals surface area contributed by atoms with Gasteiger partial charge in [-0.15, -0.1) is 0 Å². The molecular formula is C9H17N3O2. The Bertz CT molecular complexity index is 216. The second-order valence-electron chi connectivity index (χ2n) is 3.92. The number of carbonyl (C=O) groups is 1. The van der Waals surface area contributed by atoms with Gasteiger partial charge in [0.1, 0.15) is 0 Å². The smallest absolute Gasteiger partial charge is 0.235 e. The van der Waals surface area contributed by atoms with Gasteiger partial charge in [-0.3, -0.25) is 9.69 Å². The van der Waals surface area contributed by atoms with E-state index in [9.17, 15) is 4.79 Å². The highest BCUT2D eigenvalue weighted by Crippen LogP contribution is 2.14. The molecule has 2 aliphatic heterocycles. The van der Waals surface area contributed by atoms with Crippen LogP contribution in [0.4, 0.5) is 0 Å². The van der Waals surface area contributed by atoms with Crippen LogP contribution in [0.3, 0.4) is 0 Å². The van der Waals surface area contributed by atoms with Crippen LogP contribution >= 0.6 is 0 Å². The Labute approximate surface area is 83.6 Å². The maximum absolute atomic E-state index is 11.0. The van der Waals surface area contributed by atoms with Crippen molar-refractivity contribution in [3.63, 3.8) is 0 Å². The molecule has 2 saturated heterocycles. The van der Waals surface area contributed by atoms with Crippen molar-refractivity contribution in [2.75, 3.05) is 32.8 Å². The zero-order valence-corrected chi connectivity index (χ0v) is 8.24. The monoisotopic (exact) mass is 199 g/mol. The van der Waals surface area contributed by atoms with Crippen LogP contribution in [0, 0.1) is 0 Å². The SMILES string of the molecule is NC(=O)C1CN(C2CCOC2)CCN1. The fraction of sp³-hybridized carbons (Fsp3) is 0.889. The minimum absolute atomic E-state index is 0.190. The highest BCUT2D eigenvalue weighted by molar-refractivity contribution is 5.80. The minimum atomic E-state index is -0.256. The van der Waals surface area contributed by atoms with Crippen LogP contribution in [0.25, 0.3) is 0 Å². The number of piperazine rings is 1. The van der Waals surface area contributed by atoms with Gasteiger partial charge >= 0.3 is 0 Å². The van der Waals surface area contributed by atoms with Crippen molar-refractivity contribution in [3.05, 3.63) is 0 Å². The number of amides is 1. The summed E-state index contributed by atoms with van der Waals surface area (Å²) in [5.74, 6) is -0.256. The molecular weight excluding hydrogens is 182 g/mol. The number of ether oxygens (including phenoxy) is 1. The molecule has 5 nitrogen and oxygen atoms in total. The topological polar surface area (TPSA) is 67.6 Å². The van der Waals surface area contributed by atoms with Gasteiger partial charge in [0.05, 0.1) is 12.6 Å². The summed E-state index contributed by atoms with van der Waals surface area (Å²) in [6.07, 6.45) is 1.07. The Hall–Kier alpha value is -0.650. The van der Waals surface area contributed by atoms with E-state index in [1.165, 1.54) is 0 Å². The largest absolute Gasteiger partial charge is 0.380 e. The molecule has 5 heteroatoms. The molecule has 1 amide bonds. The van der Waals surface area contributed by atoms with Gasteiger partial charge in [0.15, 0.2) is 0 Å². The van der Waals surface area contributed by atoms with E-state index < -0.39 is 0 Å². The summed E-state index contributed by atoms with van der Waals surface area (Å²) in [6, 6.07) is 0.295. The van der Waals surface area contributed by atoms with Gasteiger partial charge in [0, 0.05) is 32.3 Å². The van der Waals surface area contributed by atoms with Gasteiger partial charge in [-0.05, 0) is 6.42 Å². The summed E-state index contributed by atoms with van der Waals surface area (Å²) in [5.41, 5.74) is 5.27. The van der Waals surface area contributed by atoms with Gasteiger partial charge in [0.25, 0.3) is 0 Å². The molecule has 0 aromatic heterocycles. The Morgan fingerprint density at radius 2 is 2.43 bits per heavy atom. The van der Waals surface area contributed by atoms with Crippen LogP contribution in [0.1, 0.15) is 6.42 Å². The molecule has 0 radical (unpaired) electrons. The lowest BCUT2D eigenvalue weighted by molar-refractivity contribution is -0.121. The second-order valence-corrected chi connectivity index (χ2v) is 3.92. The Kier molecular flexibility index (Phi) is 3.00. The fourth-order valence-corrected chi connectivity index (χ4v) is 2.11. The summed E-state index contributed by atoms with van der Waals surface area (Å²) < 4.78 is 5.33. The van der Waals surface area contributed by atoms with E-state index in [4.69, 9.17) is 10.5 Å². The Balaban J connectivity index is 1.89. The number of hydrogen-bond donors (Lipinski definition) is 2. The average Bonchev–Trinajstić information content (AvgIpc) is 2.71. The van der Waals surface area contributed by atoms with Crippen LogP contribution in [-0.4, -0.2) is 55.7 Å². The molecule has 80 valence electrons. The number of nitrogens with zero attached hydrogens (tertiary/aromatic N) is 1. The van der Waals surface area contributed by atoms with Crippen molar-refractivity contribution < 1.29 is 9.53 Å². The molecule has 2 rings (SSSR count). The van der Waals surface area contributed by atoms with Gasteiger partial charge in [-0.1, -0.05) is 0 Å². The quantitative estimate of drug-likeness (QED) is 0.570. The first-order valence-electron chi connectivity index (χ1n) is 5.12. The number of primary amides is 1. The van der Waals surface area contributed by atoms with Crippen LogP contribution < -0.4 is 11.1 Å². The average molecular weight is 199 g/mol. The second kappa shape index (κ2) is 4.25. The van der Waals surface area contributed by atoms with Gasteiger partial charge in [0.2, 0.25) is 5.91 Å². The molecule has 0 aromatic carbocycles. The Morgan fingerprint density at radius 1 is 1.57 bits per heavy atom. The lowest BCUT2D eigenvalue weighted by atomic mass is 10.1. The zero-order valence-electron chi connectivity index (χ0n) is 8.24. The summed E-state index contributed by atoms with van der Waals surface area (Å²) in [6.45, 7) is 4.19. The third kappa shape index (κ3) is 2.05. The van der Waals surface area contributed by atoms with Crippen molar-refractivity contribution in [2.45, 2.75) is 18.5 Å².